The summed E-state index contributed by atoms with van der Waals surface area (Å²) in [7, 11) is 0. The number of likely N-dealkylation sites (tertiary alicyclic amines) is 1. The molecule has 2 N–H and O–H groups in total. The highest BCUT2D eigenvalue weighted by atomic mass is 16.3. The largest absolute Gasteiger partial charge is 0.394 e. The van der Waals surface area contributed by atoms with Gasteiger partial charge in [-0.15, -0.1) is 0 Å². The molecule has 0 aliphatic carbocycles. The number of amides is 1. The summed E-state index contributed by atoms with van der Waals surface area (Å²) in [4.78, 5) is 14.2. The first kappa shape index (κ1) is 13.5. The lowest BCUT2D eigenvalue weighted by molar-refractivity contribution is -0.127. The van der Waals surface area contributed by atoms with Crippen molar-refractivity contribution in [2.45, 2.75) is 64.7 Å². The van der Waals surface area contributed by atoms with Gasteiger partial charge in [-0.05, 0) is 40.5 Å². The maximum Gasteiger partial charge on any atom is 0.237 e. The zero-order valence-electron chi connectivity index (χ0n) is 10.7. The predicted molar refractivity (Wildman–Crippen MR) is 64.1 cm³/mol. The van der Waals surface area contributed by atoms with Crippen molar-refractivity contribution in [3.63, 3.8) is 0 Å². The van der Waals surface area contributed by atoms with Crippen LogP contribution in [0, 0.1) is 0 Å². The Balaban J connectivity index is 2.55. The van der Waals surface area contributed by atoms with Crippen LogP contribution in [0.5, 0.6) is 0 Å². The fourth-order valence-electron chi connectivity index (χ4n) is 2.52. The topological polar surface area (TPSA) is 52.6 Å². The zero-order valence-corrected chi connectivity index (χ0v) is 10.7. The Bertz CT molecular complexity index is 235. The average molecular weight is 228 g/mol. The van der Waals surface area contributed by atoms with Gasteiger partial charge in [-0.3, -0.25) is 9.69 Å². The van der Waals surface area contributed by atoms with Crippen LogP contribution in [-0.4, -0.2) is 46.7 Å². The van der Waals surface area contributed by atoms with E-state index >= 15 is 0 Å². The molecule has 0 saturated carbocycles. The molecule has 0 unspecified atom stereocenters. The van der Waals surface area contributed by atoms with Crippen LogP contribution < -0.4 is 5.32 Å². The predicted octanol–water partition coefficient (Wildman–Crippen LogP) is 0.745. The van der Waals surface area contributed by atoms with Crippen molar-refractivity contribution in [1.29, 1.82) is 0 Å². The summed E-state index contributed by atoms with van der Waals surface area (Å²) < 4.78 is 0. The second kappa shape index (κ2) is 5.64. The number of aliphatic hydroxyl groups is 1. The van der Waals surface area contributed by atoms with Gasteiger partial charge in [0.25, 0.3) is 0 Å². The fraction of sp³-hybridized carbons (Fsp3) is 0.917. The number of nitrogens with one attached hydrogen (secondary N) is 1. The van der Waals surface area contributed by atoms with E-state index in [1.807, 2.05) is 13.8 Å². The molecule has 0 spiro atoms. The third-order valence-electron chi connectivity index (χ3n) is 3.51. The lowest BCUT2D eigenvalue weighted by Crippen LogP contribution is -2.51. The summed E-state index contributed by atoms with van der Waals surface area (Å²) in [5.41, 5.74) is 0. The molecule has 1 aliphatic heterocycles. The molecule has 0 aromatic heterocycles. The highest BCUT2D eigenvalue weighted by molar-refractivity contribution is 5.81. The third kappa shape index (κ3) is 2.95. The Morgan fingerprint density at radius 1 is 1.38 bits per heavy atom. The number of hydrogen-bond donors (Lipinski definition) is 2. The molecule has 1 fully saturated rings. The SMILES string of the molecule is C[C@H](CO)NC(=O)[C@@H](C)N1[C@H](C)CC[C@@H]1C. The van der Waals surface area contributed by atoms with Crippen LogP contribution in [0.2, 0.25) is 0 Å². The molecule has 0 aromatic carbocycles. The van der Waals surface area contributed by atoms with Gasteiger partial charge in [0.2, 0.25) is 5.91 Å². The van der Waals surface area contributed by atoms with Crippen LogP contribution in [0.15, 0.2) is 0 Å². The van der Waals surface area contributed by atoms with Gasteiger partial charge in [-0.2, -0.15) is 0 Å². The molecule has 1 amide bonds. The van der Waals surface area contributed by atoms with Crippen LogP contribution in [0.1, 0.15) is 40.5 Å². The Hall–Kier alpha value is -0.610. The Kier molecular flexibility index (Phi) is 4.74. The smallest absolute Gasteiger partial charge is 0.237 e. The molecule has 1 saturated heterocycles. The van der Waals surface area contributed by atoms with E-state index in [1.54, 1.807) is 0 Å². The monoisotopic (exact) mass is 228 g/mol. The van der Waals surface area contributed by atoms with E-state index < -0.39 is 0 Å². The highest BCUT2D eigenvalue weighted by Crippen LogP contribution is 2.25. The molecule has 16 heavy (non-hydrogen) atoms. The molecule has 1 rings (SSSR count). The molecule has 94 valence electrons. The third-order valence-corrected chi connectivity index (χ3v) is 3.51. The molecule has 1 heterocycles. The molecular formula is C12H24N2O2. The normalized spacial score (nSPS) is 30.1. The lowest BCUT2D eigenvalue weighted by atomic mass is 10.2. The number of rotatable bonds is 4. The Morgan fingerprint density at radius 3 is 2.31 bits per heavy atom. The lowest BCUT2D eigenvalue weighted by Gasteiger charge is -2.32. The van der Waals surface area contributed by atoms with Crippen LogP contribution >= 0.6 is 0 Å². The van der Waals surface area contributed by atoms with Crippen LogP contribution in [0.4, 0.5) is 0 Å². The Morgan fingerprint density at radius 2 is 1.88 bits per heavy atom. The highest BCUT2D eigenvalue weighted by Gasteiger charge is 2.34. The molecule has 0 radical (unpaired) electrons. The van der Waals surface area contributed by atoms with Gasteiger partial charge >= 0.3 is 0 Å². The second-order valence-electron chi connectivity index (χ2n) is 4.99. The van der Waals surface area contributed by atoms with E-state index in [2.05, 4.69) is 24.1 Å². The van der Waals surface area contributed by atoms with Crippen LogP contribution in [-0.2, 0) is 4.79 Å². The van der Waals surface area contributed by atoms with Gasteiger partial charge in [0, 0.05) is 18.1 Å². The molecular weight excluding hydrogens is 204 g/mol. The first-order chi connectivity index (χ1) is 7.47. The van der Waals surface area contributed by atoms with Crippen LogP contribution in [0.3, 0.4) is 0 Å². The molecule has 4 heteroatoms. The van der Waals surface area contributed by atoms with Gasteiger partial charge in [-0.25, -0.2) is 0 Å². The summed E-state index contributed by atoms with van der Waals surface area (Å²) in [5, 5.41) is 11.7. The van der Waals surface area contributed by atoms with Crippen molar-refractivity contribution in [2.75, 3.05) is 6.61 Å². The van der Waals surface area contributed by atoms with E-state index in [0.29, 0.717) is 12.1 Å². The number of hydrogen-bond acceptors (Lipinski definition) is 3. The van der Waals surface area contributed by atoms with Gasteiger partial charge < -0.3 is 10.4 Å². The van der Waals surface area contributed by atoms with Gasteiger partial charge in [-0.1, -0.05) is 0 Å². The molecule has 0 aromatic rings. The standard InChI is InChI=1S/C12H24N2O2/c1-8(7-15)13-12(16)11(4)14-9(2)5-6-10(14)3/h8-11,15H,5-7H2,1-4H3,(H,13,16)/t8-,9-,10+,11-/m1/s1. The minimum absolute atomic E-state index is 0.0104. The molecule has 1 aliphatic rings. The summed E-state index contributed by atoms with van der Waals surface area (Å²) in [6, 6.07) is 0.671. The minimum Gasteiger partial charge on any atom is -0.394 e. The van der Waals surface area contributed by atoms with Crippen molar-refractivity contribution in [3.05, 3.63) is 0 Å². The summed E-state index contributed by atoms with van der Waals surface area (Å²) in [6.45, 7) is 8.08. The number of carbonyl (C=O) groups excluding carboxylic acids is 1. The van der Waals surface area contributed by atoms with E-state index in [0.717, 1.165) is 12.8 Å². The summed E-state index contributed by atoms with van der Waals surface area (Å²) >= 11 is 0. The van der Waals surface area contributed by atoms with E-state index in [-0.39, 0.29) is 24.6 Å². The number of carbonyl (C=O) groups is 1. The summed E-state index contributed by atoms with van der Waals surface area (Å²) in [6.07, 6.45) is 2.32. The Labute approximate surface area is 98.0 Å². The maximum atomic E-state index is 11.9. The zero-order chi connectivity index (χ0) is 12.3. The van der Waals surface area contributed by atoms with Gasteiger partial charge in [0.15, 0.2) is 0 Å². The second-order valence-corrected chi connectivity index (χ2v) is 4.99. The quantitative estimate of drug-likeness (QED) is 0.746. The maximum absolute atomic E-state index is 11.9. The first-order valence-corrected chi connectivity index (χ1v) is 6.16. The van der Waals surface area contributed by atoms with E-state index in [9.17, 15) is 4.79 Å². The van der Waals surface area contributed by atoms with E-state index in [1.165, 1.54) is 0 Å². The number of aliphatic hydroxyl groups excluding tert-OH is 1. The molecule has 4 atom stereocenters. The van der Waals surface area contributed by atoms with Crippen molar-refractivity contribution in [2.24, 2.45) is 0 Å². The van der Waals surface area contributed by atoms with Crippen molar-refractivity contribution >= 4 is 5.91 Å². The summed E-state index contributed by atoms with van der Waals surface area (Å²) in [5.74, 6) is 0.0159. The van der Waals surface area contributed by atoms with Crippen molar-refractivity contribution in [1.82, 2.24) is 10.2 Å². The molecule has 4 nitrogen and oxygen atoms in total. The van der Waals surface area contributed by atoms with Crippen LogP contribution in [0.25, 0.3) is 0 Å². The average Bonchev–Trinajstić information content (AvgIpc) is 2.57. The first-order valence-electron chi connectivity index (χ1n) is 6.16. The van der Waals surface area contributed by atoms with Gasteiger partial charge in [0.05, 0.1) is 12.6 Å². The van der Waals surface area contributed by atoms with Gasteiger partial charge in [0.1, 0.15) is 0 Å². The fourth-order valence-corrected chi connectivity index (χ4v) is 2.52. The molecule has 0 bridgehead atoms. The minimum atomic E-state index is -0.164. The van der Waals surface area contributed by atoms with Crippen molar-refractivity contribution in [3.8, 4) is 0 Å². The van der Waals surface area contributed by atoms with Crippen molar-refractivity contribution < 1.29 is 9.90 Å². The number of nitrogens with zero attached hydrogens (tertiary/aromatic N) is 1. The van der Waals surface area contributed by atoms with E-state index in [4.69, 9.17) is 5.11 Å².